The molecule has 0 amide bonds. The number of nitriles is 1. The van der Waals surface area contributed by atoms with E-state index in [1.165, 1.54) is 6.07 Å². The first kappa shape index (κ1) is 20.9. The van der Waals surface area contributed by atoms with Crippen LogP contribution in [0.25, 0.3) is 0 Å². The van der Waals surface area contributed by atoms with Gasteiger partial charge in [-0.05, 0) is 55.0 Å². The summed E-state index contributed by atoms with van der Waals surface area (Å²) in [5, 5.41) is 47.8. The maximum atomic E-state index is 12.7. The van der Waals surface area contributed by atoms with E-state index in [9.17, 15) is 25.2 Å². The van der Waals surface area contributed by atoms with E-state index in [-0.39, 0.29) is 11.5 Å². The topological polar surface area (TPSA) is 140 Å². The summed E-state index contributed by atoms with van der Waals surface area (Å²) >= 11 is 0. The Hall–Kier alpha value is -2.80. The smallest absolute Gasteiger partial charge is 0.229 e. The summed E-state index contributed by atoms with van der Waals surface area (Å²) in [6.07, 6.45) is -6.90. The summed E-state index contributed by atoms with van der Waals surface area (Å²) in [5.41, 5.74) is 1.95. The number of hydrogen-bond donors (Lipinski definition) is 4. The average molecular weight is 399 g/mol. The summed E-state index contributed by atoms with van der Waals surface area (Å²) in [5.74, 6) is 0.0644. The van der Waals surface area contributed by atoms with Gasteiger partial charge in [0.2, 0.25) is 6.29 Å². The molecule has 3 rings (SSSR count). The van der Waals surface area contributed by atoms with Gasteiger partial charge in [0.1, 0.15) is 30.2 Å². The molecule has 152 valence electrons. The molecule has 1 saturated heterocycles. The fourth-order valence-corrected chi connectivity index (χ4v) is 3.11. The lowest BCUT2D eigenvalue weighted by Gasteiger charge is -2.39. The minimum absolute atomic E-state index is 0.216. The van der Waals surface area contributed by atoms with E-state index in [0.29, 0.717) is 22.3 Å². The number of carbonyl (C=O) groups is 1. The van der Waals surface area contributed by atoms with E-state index in [4.69, 9.17) is 14.7 Å². The lowest BCUT2D eigenvalue weighted by atomic mass is 9.98. The maximum absolute atomic E-state index is 12.7. The van der Waals surface area contributed by atoms with Crippen molar-refractivity contribution in [2.45, 2.75) is 37.6 Å². The van der Waals surface area contributed by atoms with Crippen LogP contribution in [0.15, 0.2) is 42.5 Å². The van der Waals surface area contributed by atoms with Crippen LogP contribution in [0.1, 0.15) is 27.0 Å². The van der Waals surface area contributed by atoms with E-state index < -0.39 is 37.3 Å². The summed E-state index contributed by atoms with van der Waals surface area (Å²) in [6.45, 7) is 1.17. The van der Waals surface area contributed by atoms with E-state index >= 15 is 0 Å². The number of hydrogen-bond acceptors (Lipinski definition) is 8. The second-order valence-corrected chi connectivity index (χ2v) is 6.81. The highest BCUT2D eigenvalue weighted by Crippen LogP contribution is 2.26. The number of rotatable bonds is 5. The first-order valence-electron chi connectivity index (χ1n) is 8.98. The van der Waals surface area contributed by atoms with E-state index in [2.05, 4.69) is 0 Å². The molecule has 0 saturated carbocycles. The number of benzene rings is 2. The number of aliphatic hydroxyl groups excluding tert-OH is 4. The van der Waals surface area contributed by atoms with Crippen molar-refractivity contribution in [2.24, 2.45) is 0 Å². The highest BCUT2D eigenvalue weighted by Gasteiger charge is 2.44. The van der Waals surface area contributed by atoms with Gasteiger partial charge in [-0.15, -0.1) is 0 Å². The predicted octanol–water partition coefficient (Wildman–Crippen LogP) is 0.276. The summed E-state index contributed by atoms with van der Waals surface area (Å²) in [4.78, 5) is 12.7. The third-order valence-corrected chi connectivity index (χ3v) is 4.82. The van der Waals surface area contributed by atoms with Gasteiger partial charge in [-0.3, -0.25) is 4.79 Å². The minimum atomic E-state index is -1.54. The van der Waals surface area contributed by atoms with E-state index in [1.54, 1.807) is 43.3 Å². The number of ketones is 1. The number of carbonyl (C=O) groups excluding carboxylic acids is 1. The Morgan fingerprint density at radius 2 is 1.79 bits per heavy atom. The van der Waals surface area contributed by atoms with Crippen molar-refractivity contribution in [1.29, 1.82) is 5.26 Å². The predicted molar refractivity (Wildman–Crippen MR) is 100 cm³/mol. The molecule has 1 heterocycles. The van der Waals surface area contributed by atoms with Gasteiger partial charge >= 0.3 is 0 Å². The Kier molecular flexibility index (Phi) is 6.27. The van der Waals surface area contributed by atoms with E-state index in [1.807, 2.05) is 6.07 Å². The second kappa shape index (κ2) is 8.69. The third-order valence-electron chi connectivity index (χ3n) is 4.82. The molecule has 0 aromatic heterocycles. The van der Waals surface area contributed by atoms with Crippen LogP contribution in [-0.4, -0.2) is 63.5 Å². The first-order chi connectivity index (χ1) is 13.8. The number of nitrogens with zero attached hydrogens (tertiary/aromatic N) is 1. The van der Waals surface area contributed by atoms with Gasteiger partial charge in [-0.1, -0.05) is 0 Å². The van der Waals surface area contributed by atoms with Crippen LogP contribution in [0.5, 0.6) is 5.75 Å². The number of aliphatic hydroxyl groups is 4. The Morgan fingerprint density at radius 3 is 2.38 bits per heavy atom. The van der Waals surface area contributed by atoms with Crippen molar-refractivity contribution in [3.05, 3.63) is 64.7 Å². The molecule has 5 atom stereocenters. The molecule has 2 aromatic carbocycles. The van der Waals surface area contributed by atoms with Crippen molar-refractivity contribution < 1.29 is 34.7 Å². The van der Waals surface area contributed by atoms with Gasteiger partial charge in [-0.2, -0.15) is 5.26 Å². The Bertz CT molecular complexity index is 920. The van der Waals surface area contributed by atoms with Crippen LogP contribution >= 0.6 is 0 Å². The average Bonchev–Trinajstić information content (AvgIpc) is 2.74. The molecule has 1 fully saturated rings. The Morgan fingerprint density at radius 1 is 1.10 bits per heavy atom. The molecule has 0 unspecified atom stereocenters. The molecule has 0 spiro atoms. The van der Waals surface area contributed by atoms with Crippen LogP contribution in [0.2, 0.25) is 0 Å². The monoisotopic (exact) mass is 399 g/mol. The molecule has 8 heteroatoms. The van der Waals surface area contributed by atoms with Gasteiger partial charge in [0.25, 0.3) is 0 Å². The molecular formula is C21H21NO7. The lowest BCUT2D eigenvalue weighted by molar-refractivity contribution is -0.277. The lowest BCUT2D eigenvalue weighted by Crippen LogP contribution is -2.60. The second-order valence-electron chi connectivity index (χ2n) is 6.81. The van der Waals surface area contributed by atoms with Crippen molar-refractivity contribution in [3.8, 4) is 11.8 Å². The molecule has 29 heavy (non-hydrogen) atoms. The van der Waals surface area contributed by atoms with Crippen LogP contribution in [0.3, 0.4) is 0 Å². The zero-order valence-electron chi connectivity index (χ0n) is 15.6. The van der Waals surface area contributed by atoms with Crippen LogP contribution in [-0.2, 0) is 4.74 Å². The maximum Gasteiger partial charge on any atom is 0.229 e. The van der Waals surface area contributed by atoms with Crippen LogP contribution in [0.4, 0.5) is 0 Å². The molecule has 0 aliphatic carbocycles. The first-order valence-corrected chi connectivity index (χ1v) is 8.98. The fraction of sp³-hybridized carbons (Fsp3) is 0.333. The van der Waals surface area contributed by atoms with Crippen molar-refractivity contribution in [3.63, 3.8) is 0 Å². The molecule has 8 nitrogen and oxygen atoms in total. The van der Waals surface area contributed by atoms with Gasteiger partial charge < -0.3 is 29.9 Å². The van der Waals surface area contributed by atoms with Crippen molar-refractivity contribution >= 4 is 5.78 Å². The number of ether oxygens (including phenoxy) is 2. The SMILES string of the molecule is Cc1cc(O[C@@H]2O[C@H](CO)[C@@H](O)[C@H](O)[C@@H]2O)ccc1C(=O)c1ccc(C#N)cc1. The Labute approximate surface area is 167 Å². The fourth-order valence-electron chi connectivity index (χ4n) is 3.11. The normalized spacial score (nSPS) is 26.6. The van der Waals surface area contributed by atoms with Gasteiger partial charge in [0, 0.05) is 11.1 Å². The van der Waals surface area contributed by atoms with Crippen LogP contribution in [0, 0.1) is 18.3 Å². The summed E-state index contributed by atoms with van der Waals surface area (Å²) in [6, 6.07) is 13.0. The largest absolute Gasteiger partial charge is 0.462 e. The van der Waals surface area contributed by atoms with Gasteiger partial charge in [0.05, 0.1) is 18.2 Å². The molecule has 4 N–H and O–H groups in total. The zero-order chi connectivity index (χ0) is 21.1. The quantitative estimate of drug-likeness (QED) is 0.526. The van der Waals surface area contributed by atoms with Crippen molar-refractivity contribution in [2.75, 3.05) is 6.61 Å². The van der Waals surface area contributed by atoms with Crippen molar-refractivity contribution in [1.82, 2.24) is 0 Å². The Balaban J connectivity index is 1.77. The summed E-state index contributed by atoms with van der Waals surface area (Å²) in [7, 11) is 0. The summed E-state index contributed by atoms with van der Waals surface area (Å²) < 4.78 is 10.9. The highest BCUT2D eigenvalue weighted by atomic mass is 16.7. The standard InChI is InChI=1S/C21H21NO7/c1-11-8-14(28-21-20(27)19(26)18(25)16(10-23)29-21)6-7-15(11)17(24)13-4-2-12(9-22)3-5-13/h2-8,16,18-21,23,25-27H,10H2,1H3/t16-,18-,19+,20+,21-/m1/s1. The van der Waals surface area contributed by atoms with Gasteiger partial charge in [0.15, 0.2) is 5.78 Å². The van der Waals surface area contributed by atoms with E-state index in [0.717, 1.165) is 0 Å². The molecule has 1 aliphatic heterocycles. The molecule has 0 bridgehead atoms. The minimum Gasteiger partial charge on any atom is -0.462 e. The molecule has 1 aliphatic rings. The molecular weight excluding hydrogens is 378 g/mol. The molecule has 2 aromatic rings. The molecule has 0 radical (unpaired) electrons. The van der Waals surface area contributed by atoms with Crippen LogP contribution < -0.4 is 4.74 Å². The third kappa shape index (κ3) is 4.29. The van der Waals surface area contributed by atoms with Gasteiger partial charge in [-0.25, -0.2) is 0 Å². The number of aryl methyl sites for hydroxylation is 1. The zero-order valence-corrected chi connectivity index (χ0v) is 15.6. The highest BCUT2D eigenvalue weighted by molar-refractivity contribution is 6.10.